The van der Waals surface area contributed by atoms with Crippen molar-refractivity contribution in [2.45, 2.75) is 6.42 Å². The molecule has 0 atom stereocenters. The van der Waals surface area contributed by atoms with Crippen molar-refractivity contribution in [1.29, 1.82) is 0 Å². The molecular formula is C17H18O4. The van der Waals surface area contributed by atoms with Crippen LogP contribution >= 0.6 is 0 Å². The zero-order valence-corrected chi connectivity index (χ0v) is 12.0. The van der Waals surface area contributed by atoms with Crippen LogP contribution in [0.3, 0.4) is 0 Å². The quantitative estimate of drug-likeness (QED) is 0.884. The lowest BCUT2D eigenvalue weighted by Crippen LogP contribution is -1.87. The molecule has 0 heterocycles. The molecule has 0 amide bonds. The fourth-order valence-electron chi connectivity index (χ4n) is 1.98. The fraction of sp³-hybridized carbons (Fsp3) is 0.176. The molecule has 4 heteroatoms. The van der Waals surface area contributed by atoms with E-state index in [0.29, 0.717) is 17.9 Å². The second-order valence-electron chi connectivity index (χ2n) is 4.54. The summed E-state index contributed by atoms with van der Waals surface area (Å²) in [5.41, 5.74) is 1.97. The Bertz CT molecular complexity index is 647. The highest BCUT2D eigenvalue weighted by Gasteiger charge is 2.02. The first kappa shape index (κ1) is 14.8. The maximum absolute atomic E-state index is 9.54. The van der Waals surface area contributed by atoms with Crippen molar-refractivity contribution in [2.24, 2.45) is 0 Å². The van der Waals surface area contributed by atoms with Gasteiger partial charge < -0.3 is 19.7 Å². The molecule has 0 radical (unpaired) electrons. The summed E-state index contributed by atoms with van der Waals surface area (Å²) in [6.45, 7) is 0. The van der Waals surface area contributed by atoms with Crippen LogP contribution in [0.1, 0.15) is 11.1 Å². The summed E-state index contributed by atoms with van der Waals surface area (Å²) in [6.07, 6.45) is 4.65. The number of rotatable bonds is 5. The van der Waals surface area contributed by atoms with Crippen LogP contribution < -0.4 is 9.47 Å². The minimum Gasteiger partial charge on any atom is -0.504 e. The number of benzene rings is 2. The van der Waals surface area contributed by atoms with Gasteiger partial charge in [-0.25, -0.2) is 0 Å². The monoisotopic (exact) mass is 286 g/mol. The topological polar surface area (TPSA) is 58.9 Å². The summed E-state index contributed by atoms with van der Waals surface area (Å²) in [5, 5.41) is 19.1. The molecule has 0 spiro atoms. The Labute approximate surface area is 123 Å². The van der Waals surface area contributed by atoms with E-state index in [-0.39, 0.29) is 11.5 Å². The molecule has 0 fully saturated rings. The molecule has 21 heavy (non-hydrogen) atoms. The number of allylic oxidation sites excluding steroid dienone is 1. The van der Waals surface area contributed by atoms with Crippen LogP contribution in [-0.4, -0.2) is 24.4 Å². The third-order valence-corrected chi connectivity index (χ3v) is 3.11. The normalized spacial score (nSPS) is 10.8. The Balaban J connectivity index is 2.08. The van der Waals surface area contributed by atoms with E-state index in [1.54, 1.807) is 24.3 Å². The zero-order valence-electron chi connectivity index (χ0n) is 12.0. The van der Waals surface area contributed by atoms with E-state index in [1.165, 1.54) is 14.2 Å². The van der Waals surface area contributed by atoms with Crippen LogP contribution in [0.2, 0.25) is 0 Å². The van der Waals surface area contributed by atoms with Gasteiger partial charge in [0.1, 0.15) is 0 Å². The van der Waals surface area contributed by atoms with Gasteiger partial charge in [-0.3, -0.25) is 0 Å². The van der Waals surface area contributed by atoms with E-state index >= 15 is 0 Å². The Hall–Kier alpha value is -2.62. The summed E-state index contributed by atoms with van der Waals surface area (Å²) in [4.78, 5) is 0. The van der Waals surface area contributed by atoms with Crippen molar-refractivity contribution >= 4 is 6.08 Å². The lowest BCUT2D eigenvalue weighted by atomic mass is 10.1. The minimum absolute atomic E-state index is 0.123. The average molecular weight is 286 g/mol. The van der Waals surface area contributed by atoms with Crippen molar-refractivity contribution in [3.63, 3.8) is 0 Å². The van der Waals surface area contributed by atoms with Crippen LogP contribution in [0.15, 0.2) is 42.5 Å². The van der Waals surface area contributed by atoms with Crippen LogP contribution in [0.5, 0.6) is 23.0 Å². The molecule has 0 aliphatic heterocycles. The SMILES string of the molecule is COc1cc(/C=C/Cc2ccc(O)c(OC)c2)ccc1O. The molecular weight excluding hydrogens is 268 g/mol. The van der Waals surface area contributed by atoms with Gasteiger partial charge in [-0.05, 0) is 41.8 Å². The van der Waals surface area contributed by atoms with Crippen LogP contribution in [0, 0.1) is 0 Å². The van der Waals surface area contributed by atoms with Gasteiger partial charge in [-0.2, -0.15) is 0 Å². The number of ether oxygens (including phenoxy) is 2. The third-order valence-electron chi connectivity index (χ3n) is 3.11. The van der Waals surface area contributed by atoms with Crippen LogP contribution in [0.25, 0.3) is 6.08 Å². The standard InChI is InChI=1S/C17H18O4/c1-20-16-10-12(6-8-14(16)18)4-3-5-13-7-9-15(19)17(11-13)21-2/h3-4,6-11,18-19H,5H2,1-2H3/b4-3+. The van der Waals surface area contributed by atoms with E-state index in [2.05, 4.69) is 0 Å². The van der Waals surface area contributed by atoms with Crippen molar-refractivity contribution in [2.75, 3.05) is 14.2 Å². The molecule has 0 saturated heterocycles. The molecule has 0 bridgehead atoms. The average Bonchev–Trinajstić information content (AvgIpc) is 2.50. The Morgan fingerprint density at radius 1 is 0.905 bits per heavy atom. The summed E-state index contributed by atoms with van der Waals surface area (Å²) < 4.78 is 10.1. The maximum Gasteiger partial charge on any atom is 0.161 e. The molecule has 0 aromatic heterocycles. The van der Waals surface area contributed by atoms with Gasteiger partial charge in [0.25, 0.3) is 0 Å². The second-order valence-corrected chi connectivity index (χ2v) is 4.54. The van der Waals surface area contributed by atoms with Gasteiger partial charge in [-0.15, -0.1) is 0 Å². The Morgan fingerprint density at radius 3 is 2.19 bits per heavy atom. The van der Waals surface area contributed by atoms with Gasteiger partial charge in [0.2, 0.25) is 0 Å². The number of hydrogen-bond donors (Lipinski definition) is 2. The Morgan fingerprint density at radius 2 is 1.52 bits per heavy atom. The van der Waals surface area contributed by atoms with Gasteiger partial charge in [-0.1, -0.05) is 24.3 Å². The first-order valence-corrected chi connectivity index (χ1v) is 6.53. The molecule has 0 unspecified atom stereocenters. The highest BCUT2D eigenvalue weighted by molar-refractivity contribution is 5.56. The summed E-state index contributed by atoms with van der Waals surface area (Å²) >= 11 is 0. The van der Waals surface area contributed by atoms with Crippen LogP contribution in [0.4, 0.5) is 0 Å². The van der Waals surface area contributed by atoms with Gasteiger partial charge in [0, 0.05) is 0 Å². The minimum atomic E-state index is 0.123. The molecule has 2 rings (SSSR count). The lowest BCUT2D eigenvalue weighted by Gasteiger charge is -2.05. The van der Waals surface area contributed by atoms with Crippen molar-refractivity contribution in [3.8, 4) is 23.0 Å². The van der Waals surface area contributed by atoms with Crippen LogP contribution in [-0.2, 0) is 6.42 Å². The maximum atomic E-state index is 9.54. The van der Waals surface area contributed by atoms with Crippen molar-refractivity contribution < 1.29 is 19.7 Å². The molecule has 2 aromatic carbocycles. The first-order chi connectivity index (χ1) is 10.1. The predicted molar refractivity (Wildman–Crippen MR) is 82.1 cm³/mol. The van der Waals surface area contributed by atoms with Gasteiger partial charge >= 0.3 is 0 Å². The van der Waals surface area contributed by atoms with E-state index in [9.17, 15) is 10.2 Å². The molecule has 110 valence electrons. The summed E-state index contributed by atoms with van der Waals surface area (Å²) in [5.74, 6) is 1.17. The number of methoxy groups -OCH3 is 2. The number of hydrogen-bond acceptors (Lipinski definition) is 4. The highest BCUT2D eigenvalue weighted by atomic mass is 16.5. The van der Waals surface area contributed by atoms with Gasteiger partial charge in [0.15, 0.2) is 23.0 Å². The number of phenolic OH excluding ortho intramolecular Hbond substituents is 2. The third kappa shape index (κ3) is 3.69. The highest BCUT2D eigenvalue weighted by Crippen LogP contribution is 2.28. The van der Waals surface area contributed by atoms with Gasteiger partial charge in [0.05, 0.1) is 14.2 Å². The molecule has 4 nitrogen and oxygen atoms in total. The molecule has 2 N–H and O–H groups in total. The molecule has 0 aliphatic carbocycles. The van der Waals surface area contributed by atoms with E-state index in [1.807, 2.05) is 24.3 Å². The van der Waals surface area contributed by atoms with E-state index in [0.717, 1.165) is 11.1 Å². The zero-order chi connectivity index (χ0) is 15.2. The molecule has 0 saturated carbocycles. The van der Waals surface area contributed by atoms with E-state index < -0.39 is 0 Å². The summed E-state index contributed by atoms with van der Waals surface area (Å²) in [7, 11) is 3.04. The fourth-order valence-corrected chi connectivity index (χ4v) is 1.98. The van der Waals surface area contributed by atoms with Crippen molar-refractivity contribution in [3.05, 3.63) is 53.6 Å². The molecule has 0 aliphatic rings. The largest absolute Gasteiger partial charge is 0.504 e. The lowest BCUT2D eigenvalue weighted by molar-refractivity contribution is 0.373. The smallest absolute Gasteiger partial charge is 0.161 e. The van der Waals surface area contributed by atoms with E-state index in [4.69, 9.17) is 9.47 Å². The van der Waals surface area contributed by atoms with Crippen molar-refractivity contribution in [1.82, 2.24) is 0 Å². The predicted octanol–water partition coefficient (Wildman–Crippen LogP) is 3.37. The Kier molecular flexibility index (Phi) is 4.72. The summed E-state index contributed by atoms with van der Waals surface area (Å²) in [6, 6.07) is 10.4. The number of phenols is 2. The second kappa shape index (κ2) is 6.70. The molecule has 2 aromatic rings. The first-order valence-electron chi connectivity index (χ1n) is 6.53. The number of aromatic hydroxyl groups is 2.